The average Bonchev–Trinajstić information content (AvgIpc) is 2.87. The normalized spacial score (nSPS) is 23.6. The lowest BCUT2D eigenvalue weighted by atomic mass is 10.1. The molecule has 1 saturated heterocycles. The summed E-state index contributed by atoms with van der Waals surface area (Å²) in [5, 5.41) is 2.99. The Morgan fingerprint density at radius 1 is 1.05 bits per heavy atom. The molecule has 2 bridgehead atoms. The number of nitrogens with one attached hydrogen (secondary N) is 1. The number of hydrogen-bond donors (Lipinski definition) is 1. The first-order valence-electron chi connectivity index (χ1n) is 7.94. The highest BCUT2D eigenvalue weighted by atomic mass is 16.2. The lowest BCUT2D eigenvalue weighted by Gasteiger charge is -2.24. The molecule has 0 aliphatic carbocycles. The first-order valence-corrected chi connectivity index (χ1v) is 7.94. The van der Waals surface area contributed by atoms with Crippen molar-refractivity contribution in [2.24, 2.45) is 0 Å². The van der Waals surface area contributed by atoms with Crippen molar-refractivity contribution in [3.8, 4) is 0 Å². The Morgan fingerprint density at radius 3 is 2.81 bits per heavy atom. The van der Waals surface area contributed by atoms with Crippen LogP contribution in [0, 0.1) is 0 Å². The number of benzene rings is 1. The molecular weight excluding hydrogens is 264 g/mol. The van der Waals surface area contributed by atoms with Crippen LogP contribution in [0.25, 0.3) is 0 Å². The van der Waals surface area contributed by atoms with Crippen LogP contribution in [0.15, 0.2) is 24.3 Å². The van der Waals surface area contributed by atoms with Gasteiger partial charge in [0, 0.05) is 18.7 Å². The highest BCUT2D eigenvalue weighted by Crippen LogP contribution is 2.28. The second kappa shape index (κ2) is 6.29. The van der Waals surface area contributed by atoms with Gasteiger partial charge in [-0.2, -0.15) is 0 Å². The van der Waals surface area contributed by atoms with Gasteiger partial charge in [-0.05, 0) is 43.4 Å². The number of nitrogens with zero attached hydrogens (tertiary/aromatic N) is 1. The summed E-state index contributed by atoms with van der Waals surface area (Å²) in [6, 6.07) is 7.77. The largest absolute Gasteiger partial charge is 0.354 e. The van der Waals surface area contributed by atoms with Gasteiger partial charge in [0.2, 0.25) is 11.8 Å². The fraction of sp³-hybridized carbons (Fsp3) is 0.529. The maximum Gasteiger partial charge on any atom is 0.243 e. The molecule has 0 aromatic heterocycles. The molecule has 1 atom stereocenters. The van der Waals surface area contributed by atoms with E-state index in [1.54, 1.807) is 4.90 Å². The van der Waals surface area contributed by atoms with Crippen LogP contribution in [0.1, 0.15) is 44.1 Å². The van der Waals surface area contributed by atoms with Crippen LogP contribution in [-0.2, 0) is 16.0 Å². The van der Waals surface area contributed by atoms with Gasteiger partial charge in [-0.15, -0.1) is 0 Å². The van der Waals surface area contributed by atoms with E-state index in [0.717, 1.165) is 37.9 Å². The van der Waals surface area contributed by atoms with Gasteiger partial charge in [0.1, 0.15) is 6.04 Å². The van der Waals surface area contributed by atoms with Gasteiger partial charge in [-0.25, -0.2) is 0 Å². The number of fused-ring (bicyclic) bond motifs is 4. The van der Waals surface area contributed by atoms with Crippen LogP contribution in [0.4, 0.5) is 5.69 Å². The lowest BCUT2D eigenvalue weighted by Crippen LogP contribution is -2.45. The third-order valence-electron chi connectivity index (χ3n) is 4.39. The quantitative estimate of drug-likeness (QED) is 0.796. The Kier molecular flexibility index (Phi) is 4.23. The molecule has 0 spiro atoms. The smallest absolute Gasteiger partial charge is 0.243 e. The van der Waals surface area contributed by atoms with Crippen LogP contribution >= 0.6 is 0 Å². The van der Waals surface area contributed by atoms with Crippen molar-refractivity contribution in [2.45, 2.75) is 51.0 Å². The first kappa shape index (κ1) is 14.1. The van der Waals surface area contributed by atoms with E-state index in [9.17, 15) is 9.59 Å². The molecule has 1 aromatic carbocycles. The van der Waals surface area contributed by atoms with Crippen molar-refractivity contribution < 1.29 is 9.59 Å². The Hall–Kier alpha value is -1.84. The van der Waals surface area contributed by atoms with E-state index in [-0.39, 0.29) is 17.9 Å². The third kappa shape index (κ3) is 3.09. The highest BCUT2D eigenvalue weighted by Gasteiger charge is 2.36. The summed E-state index contributed by atoms with van der Waals surface area (Å²) in [6.07, 6.45) is 6.64. The number of amides is 2. The minimum atomic E-state index is -0.339. The van der Waals surface area contributed by atoms with Gasteiger partial charge in [-0.1, -0.05) is 25.0 Å². The summed E-state index contributed by atoms with van der Waals surface area (Å²) < 4.78 is 0. The van der Waals surface area contributed by atoms with Crippen molar-refractivity contribution >= 4 is 17.5 Å². The van der Waals surface area contributed by atoms with Crippen molar-refractivity contribution in [2.75, 3.05) is 11.4 Å². The molecule has 2 aliphatic heterocycles. The van der Waals surface area contributed by atoms with Gasteiger partial charge in [-0.3, -0.25) is 14.5 Å². The molecular formula is C17H22N2O2. The zero-order valence-electron chi connectivity index (χ0n) is 12.3. The fourth-order valence-electron chi connectivity index (χ4n) is 3.25. The van der Waals surface area contributed by atoms with Crippen LogP contribution in [0.3, 0.4) is 0 Å². The van der Waals surface area contributed by atoms with E-state index in [1.807, 2.05) is 12.1 Å². The van der Waals surface area contributed by atoms with Crippen LogP contribution in [0.5, 0.6) is 0 Å². The Labute approximate surface area is 125 Å². The predicted octanol–water partition coefficient (Wildman–Crippen LogP) is 2.41. The summed E-state index contributed by atoms with van der Waals surface area (Å²) in [5.41, 5.74) is 2.13. The monoisotopic (exact) mass is 286 g/mol. The third-order valence-corrected chi connectivity index (χ3v) is 4.39. The summed E-state index contributed by atoms with van der Waals surface area (Å²) in [4.78, 5) is 26.2. The lowest BCUT2D eigenvalue weighted by molar-refractivity contribution is -0.123. The summed E-state index contributed by atoms with van der Waals surface area (Å²) in [6.45, 7) is 0.717. The fourth-order valence-corrected chi connectivity index (χ4v) is 3.25. The van der Waals surface area contributed by atoms with E-state index < -0.39 is 0 Å². The molecule has 1 aromatic rings. The second-order valence-electron chi connectivity index (χ2n) is 5.94. The first-order chi connectivity index (χ1) is 10.3. The maximum absolute atomic E-state index is 12.3. The highest BCUT2D eigenvalue weighted by molar-refractivity contribution is 6.03. The van der Waals surface area contributed by atoms with E-state index in [2.05, 4.69) is 17.4 Å². The minimum absolute atomic E-state index is 0.00880. The topological polar surface area (TPSA) is 49.4 Å². The Balaban J connectivity index is 1.91. The number of anilines is 1. The van der Waals surface area contributed by atoms with E-state index in [4.69, 9.17) is 0 Å². The zero-order valence-corrected chi connectivity index (χ0v) is 12.3. The maximum atomic E-state index is 12.3. The molecule has 0 saturated carbocycles. The second-order valence-corrected chi connectivity index (χ2v) is 5.94. The van der Waals surface area contributed by atoms with Gasteiger partial charge < -0.3 is 5.32 Å². The SMILES string of the molecule is O=C1NCCCCCCc2cccc(c2)N2C(=O)CCC12. The molecule has 4 nitrogen and oxygen atoms in total. The molecule has 1 fully saturated rings. The summed E-state index contributed by atoms with van der Waals surface area (Å²) in [7, 11) is 0. The van der Waals surface area contributed by atoms with Crippen LogP contribution in [-0.4, -0.2) is 24.4 Å². The predicted molar refractivity (Wildman–Crippen MR) is 82.1 cm³/mol. The van der Waals surface area contributed by atoms with E-state index >= 15 is 0 Å². The number of carbonyl (C=O) groups excluding carboxylic acids is 2. The molecule has 112 valence electrons. The number of aryl methyl sites for hydroxylation is 1. The summed E-state index contributed by atoms with van der Waals surface area (Å²) in [5.74, 6) is 0.0488. The van der Waals surface area contributed by atoms with Gasteiger partial charge in [0.15, 0.2) is 0 Å². The minimum Gasteiger partial charge on any atom is -0.354 e. The molecule has 2 aliphatic rings. The van der Waals surface area contributed by atoms with E-state index in [0.29, 0.717) is 12.8 Å². The van der Waals surface area contributed by atoms with Crippen molar-refractivity contribution in [3.05, 3.63) is 29.8 Å². The molecule has 4 heteroatoms. The van der Waals surface area contributed by atoms with E-state index in [1.165, 1.54) is 12.0 Å². The average molecular weight is 286 g/mol. The zero-order chi connectivity index (χ0) is 14.7. The molecule has 2 amide bonds. The molecule has 3 rings (SSSR count). The van der Waals surface area contributed by atoms with Crippen molar-refractivity contribution in [1.29, 1.82) is 0 Å². The number of rotatable bonds is 0. The van der Waals surface area contributed by atoms with Gasteiger partial charge >= 0.3 is 0 Å². The van der Waals surface area contributed by atoms with Crippen molar-refractivity contribution in [1.82, 2.24) is 5.32 Å². The summed E-state index contributed by atoms with van der Waals surface area (Å²) >= 11 is 0. The molecule has 21 heavy (non-hydrogen) atoms. The Morgan fingerprint density at radius 2 is 1.90 bits per heavy atom. The molecule has 1 unspecified atom stereocenters. The van der Waals surface area contributed by atoms with Gasteiger partial charge in [0.25, 0.3) is 0 Å². The molecule has 0 radical (unpaired) electrons. The number of carbonyl (C=O) groups is 2. The van der Waals surface area contributed by atoms with Gasteiger partial charge in [0.05, 0.1) is 0 Å². The van der Waals surface area contributed by atoms with Crippen LogP contribution < -0.4 is 10.2 Å². The molecule has 1 N–H and O–H groups in total. The number of hydrogen-bond acceptors (Lipinski definition) is 2. The Bertz CT molecular complexity index is 541. The molecule has 2 heterocycles. The van der Waals surface area contributed by atoms with Crippen molar-refractivity contribution in [3.63, 3.8) is 0 Å². The van der Waals surface area contributed by atoms with Crippen LogP contribution in [0.2, 0.25) is 0 Å². The standard InChI is InChI=1S/C17H22N2O2/c20-16-10-9-15-17(21)18-11-4-2-1-3-6-13-7-5-8-14(12-13)19(15)16/h5,7-8,12,15H,1-4,6,9-11H2,(H,18,21).